The number of nitrogens with two attached hydrogens (primary N) is 2. The van der Waals surface area contributed by atoms with E-state index in [4.69, 9.17) is 11.5 Å². The van der Waals surface area contributed by atoms with E-state index in [0.717, 1.165) is 45.8 Å². The van der Waals surface area contributed by atoms with Crippen molar-refractivity contribution >= 4 is 5.96 Å². The predicted octanol–water partition coefficient (Wildman–Crippen LogP) is -0.781. The molecule has 0 aliphatic carbocycles. The molecule has 6 nitrogen and oxygen atoms in total. The van der Waals surface area contributed by atoms with Crippen molar-refractivity contribution < 1.29 is 0 Å². The molecule has 0 aromatic carbocycles. The summed E-state index contributed by atoms with van der Waals surface area (Å²) in [6.45, 7) is 15.3. The summed E-state index contributed by atoms with van der Waals surface area (Å²) in [7, 11) is 0. The Morgan fingerprint density at radius 3 is 2.00 bits per heavy atom. The van der Waals surface area contributed by atoms with Crippen LogP contribution < -0.4 is 11.5 Å². The Kier molecular flexibility index (Phi) is 7.78. The van der Waals surface area contributed by atoms with Gasteiger partial charge in [-0.3, -0.25) is 14.8 Å². The van der Waals surface area contributed by atoms with E-state index in [-0.39, 0.29) is 5.96 Å². The summed E-state index contributed by atoms with van der Waals surface area (Å²) in [4.78, 5) is 11.5. The number of rotatable bonds is 8. The van der Waals surface area contributed by atoms with E-state index in [1.807, 2.05) is 0 Å². The summed E-state index contributed by atoms with van der Waals surface area (Å²) in [5, 5.41) is 0. The molecule has 1 saturated heterocycles. The fourth-order valence-electron chi connectivity index (χ4n) is 2.38. The van der Waals surface area contributed by atoms with Gasteiger partial charge < -0.3 is 16.4 Å². The highest BCUT2D eigenvalue weighted by atomic mass is 15.3. The summed E-state index contributed by atoms with van der Waals surface area (Å²) in [6, 6.07) is 0. The van der Waals surface area contributed by atoms with Crippen molar-refractivity contribution in [1.82, 2.24) is 14.7 Å². The fraction of sp³-hybridized carbons (Fsp3) is 0.923. The molecule has 1 rings (SSSR count). The van der Waals surface area contributed by atoms with Gasteiger partial charge in [-0.2, -0.15) is 0 Å². The van der Waals surface area contributed by atoms with Crippen molar-refractivity contribution in [2.24, 2.45) is 16.5 Å². The van der Waals surface area contributed by atoms with E-state index < -0.39 is 0 Å². The minimum atomic E-state index is 0.192. The standard InChI is InChI=1S/C13H30N6/c1-3-17(4-2)7-8-19-11-9-18(10-12-19)6-5-16-13(14)15/h3-12H2,1-2H3,(H4,14,15,16). The highest BCUT2D eigenvalue weighted by molar-refractivity contribution is 5.75. The molecule has 1 aliphatic rings. The summed E-state index contributed by atoms with van der Waals surface area (Å²) < 4.78 is 0. The quantitative estimate of drug-likeness (QED) is 0.447. The van der Waals surface area contributed by atoms with Crippen molar-refractivity contribution in [3.05, 3.63) is 0 Å². The van der Waals surface area contributed by atoms with E-state index in [1.54, 1.807) is 0 Å². The molecule has 0 atom stereocenters. The second-order valence-electron chi connectivity index (χ2n) is 5.02. The van der Waals surface area contributed by atoms with Crippen LogP contribution in [-0.2, 0) is 0 Å². The van der Waals surface area contributed by atoms with E-state index in [9.17, 15) is 0 Å². The van der Waals surface area contributed by atoms with Gasteiger partial charge in [0.05, 0.1) is 6.54 Å². The Labute approximate surface area is 117 Å². The Morgan fingerprint density at radius 2 is 1.53 bits per heavy atom. The van der Waals surface area contributed by atoms with Crippen LogP contribution >= 0.6 is 0 Å². The van der Waals surface area contributed by atoms with Crippen LogP contribution in [0.15, 0.2) is 4.99 Å². The minimum Gasteiger partial charge on any atom is -0.370 e. The van der Waals surface area contributed by atoms with Crippen molar-refractivity contribution in [2.75, 3.05) is 65.4 Å². The monoisotopic (exact) mass is 270 g/mol. The molecule has 1 heterocycles. The van der Waals surface area contributed by atoms with E-state index in [2.05, 4.69) is 33.5 Å². The third-order valence-electron chi connectivity index (χ3n) is 3.80. The maximum atomic E-state index is 5.32. The second-order valence-corrected chi connectivity index (χ2v) is 5.02. The fourth-order valence-corrected chi connectivity index (χ4v) is 2.38. The first-order chi connectivity index (χ1) is 9.15. The average Bonchev–Trinajstić information content (AvgIpc) is 2.41. The largest absolute Gasteiger partial charge is 0.370 e. The van der Waals surface area contributed by atoms with Crippen molar-refractivity contribution in [2.45, 2.75) is 13.8 Å². The van der Waals surface area contributed by atoms with Gasteiger partial charge in [0.15, 0.2) is 5.96 Å². The van der Waals surface area contributed by atoms with E-state index >= 15 is 0 Å². The van der Waals surface area contributed by atoms with Gasteiger partial charge in [-0.1, -0.05) is 13.8 Å². The summed E-state index contributed by atoms with van der Waals surface area (Å²) in [5.41, 5.74) is 10.6. The molecule has 0 aromatic rings. The molecule has 112 valence electrons. The second kappa shape index (κ2) is 9.12. The van der Waals surface area contributed by atoms with Crippen molar-refractivity contribution in [3.8, 4) is 0 Å². The minimum absolute atomic E-state index is 0.192. The van der Waals surface area contributed by atoms with Crippen LogP contribution in [0, 0.1) is 0 Å². The van der Waals surface area contributed by atoms with Crippen LogP contribution in [0.2, 0.25) is 0 Å². The first-order valence-corrected chi connectivity index (χ1v) is 7.38. The number of piperazine rings is 1. The van der Waals surface area contributed by atoms with E-state index in [0.29, 0.717) is 6.54 Å². The molecule has 6 heteroatoms. The molecule has 4 N–H and O–H groups in total. The van der Waals surface area contributed by atoms with Gasteiger partial charge in [0.2, 0.25) is 0 Å². The lowest BCUT2D eigenvalue weighted by Crippen LogP contribution is -2.49. The Hall–Kier alpha value is -0.850. The third-order valence-corrected chi connectivity index (χ3v) is 3.80. The van der Waals surface area contributed by atoms with Gasteiger partial charge in [-0.15, -0.1) is 0 Å². The molecular formula is C13H30N6. The summed E-state index contributed by atoms with van der Waals surface area (Å²) >= 11 is 0. The first-order valence-electron chi connectivity index (χ1n) is 7.38. The smallest absolute Gasteiger partial charge is 0.185 e. The lowest BCUT2D eigenvalue weighted by molar-refractivity contribution is 0.122. The van der Waals surface area contributed by atoms with Crippen LogP contribution in [-0.4, -0.2) is 86.1 Å². The van der Waals surface area contributed by atoms with Gasteiger partial charge in [0.25, 0.3) is 0 Å². The predicted molar refractivity (Wildman–Crippen MR) is 81.3 cm³/mol. The summed E-state index contributed by atoms with van der Waals surface area (Å²) in [5.74, 6) is 0.192. The normalized spacial score (nSPS) is 17.8. The lowest BCUT2D eigenvalue weighted by Gasteiger charge is -2.35. The molecular weight excluding hydrogens is 240 g/mol. The Balaban J connectivity index is 2.13. The van der Waals surface area contributed by atoms with Gasteiger partial charge in [0, 0.05) is 45.8 Å². The SMILES string of the molecule is CCN(CC)CCN1CCN(CCN=C(N)N)CC1. The molecule has 0 bridgehead atoms. The topological polar surface area (TPSA) is 74.1 Å². The maximum absolute atomic E-state index is 5.32. The zero-order chi connectivity index (χ0) is 14.1. The summed E-state index contributed by atoms with van der Waals surface area (Å²) in [6.07, 6.45) is 0. The molecule has 19 heavy (non-hydrogen) atoms. The van der Waals surface area contributed by atoms with Crippen LogP contribution in [0.3, 0.4) is 0 Å². The Morgan fingerprint density at radius 1 is 1.00 bits per heavy atom. The van der Waals surface area contributed by atoms with Gasteiger partial charge in [-0.25, -0.2) is 0 Å². The third kappa shape index (κ3) is 6.75. The maximum Gasteiger partial charge on any atom is 0.185 e. The lowest BCUT2D eigenvalue weighted by atomic mass is 10.3. The van der Waals surface area contributed by atoms with E-state index in [1.165, 1.54) is 13.1 Å². The molecule has 0 unspecified atom stereocenters. The molecule has 0 spiro atoms. The van der Waals surface area contributed by atoms with Gasteiger partial charge in [0.1, 0.15) is 0 Å². The van der Waals surface area contributed by atoms with Crippen LogP contribution in [0.5, 0.6) is 0 Å². The highest BCUT2D eigenvalue weighted by Gasteiger charge is 2.16. The highest BCUT2D eigenvalue weighted by Crippen LogP contribution is 2.01. The molecule has 0 saturated carbocycles. The zero-order valence-electron chi connectivity index (χ0n) is 12.5. The van der Waals surface area contributed by atoms with Crippen LogP contribution in [0.4, 0.5) is 0 Å². The number of guanidine groups is 1. The van der Waals surface area contributed by atoms with Crippen LogP contribution in [0.25, 0.3) is 0 Å². The van der Waals surface area contributed by atoms with Crippen molar-refractivity contribution in [1.29, 1.82) is 0 Å². The number of likely N-dealkylation sites (N-methyl/N-ethyl adjacent to an activating group) is 1. The molecule has 1 fully saturated rings. The molecule has 0 aromatic heterocycles. The number of hydrogen-bond donors (Lipinski definition) is 2. The number of nitrogens with zero attached hydrogens (tertiary/aromatic N) is 4. The number of hydrogen-bond acceptors (Lipinski definition) is 4. The average molecular weight is 270 g/mol. The number of aliphatic imine (C=N–C) groups is 1. The zero-order valence-corrected chi connectivity index (χ0v) is 12.5. The van der Waals surface area contributed by atoms with Gasteiger partial charge in [-0.05, 0) is 13.1 Å². The van der Waals surface area contributed by atoms with Crippen LogP contribution in [0.1, 0.15) is 13.8 Å². The first kappa shape index (κ1) is 16.2. The molecule has 0 amide bonds. The van der Waals surface area contributed by atoms with Gasteiger partial charge >= 0.3 is 0 Å². The van der Waals surface area contributed by atoms with Crippen molar-refractivity contribution in [3.63, 3.8) is 0 Å². The molecule has 0 radical (unpaired) electrons. The molecule has 1 aliphatic heterocycles. The Bertz CT molecular complexity index is 252.